The lowest BCUT2D eigenvalue weighted by Crippen LogP contribution is -2.20. The van der Waals surface area contributed by atoms with E-state index < -0.39 is 0 Å². The maximum Gasteiger partial charge on any atom is 0.136 e. The number of nitriles is 1. The highest BCUT2D eigenvalue weighted by molar-refractivity contribution is 5.15. The first-order valence-corrected chi connectivity index (χ1v) is 4.14. The van der Waals surface area contributed by atoms with Crippen LogP contribution < -0.4 is 5.32 Å². The number of aromatic amines is 1. The van der Waals surface area contributed by atoms with E-state index in [9.17, 15) is 0 Å². The minimum absolute atomic E-state index is 0.194. The van der Waals surface area contributed by atoms with E-state index in [0.29, 0.717) is 0 Å². The largest absolute Gasteiger partial charge is 0.363 e. The number of nitrogens with one attached hydrogen (secondary N) is 2. The van der Waals surface area contributed by atoms with Crippen molar-refractivity contribution in [2.75, 3.05) is 6.54 Å². The molecule has 12 heavy (non-hydrogen) atoms. The molecule has 0 aliphatic carbocycles. The van der Waals surface area contributed by atoms with Gasteiger partial charge in [0.25, 0.3) is 0 Å². The number of hydrogen-bond donors (Lipinski definition) is 2. The van der Waals surface area contributed by atoms with Crippen molar-refractivity contribution in [1.82, 2.24) is 10.3 Å². The van der Waals surface area contributed by atoms with Crippen LogP contribution in [-0.2, 0) is 0 Å². The van der Waals surface area contributed by atoms with E-state index in [2.05, 4.69) is 23.3 Å². The van der Waals surface area contributed by atoms with E-state index >= 15 is 0 Å². The van der Waals surface area contributed by atoms with Crippen LogP contribution in [0.1, 0.15) is 25.1 Å². The molecule has 0 aliphatic rings. The van der Waals surface area contributed by atoms with Gasteiger partial charge in [-0.1, -0.05) is 6.92 Å². The summed E-state index contributed by atoms with van der Waals surface area (Å²) in [7, 11) is 0. The van der Waals surface area contributed by atoms with Gasteiger partial charge in [-0.05, 0) is 25.1 Å². The quantitative estimate of drug-likeness (QED) is 0.708. The van der Waals surface area contributed by atoms with Crippen molar-refractivity contribution in [1.29, 1.82) is 5.26 Å². The molecule has 1 heterocycles. The van der Waals surface area contributed by atoms with Gasteiger partial charge in [-0.15, -0.1) is 0 Å². The van der Waals surface area contributed by atoms with E-state index in [-0.39, 0.29) is 6.04 Å². The average molecular weight is 163 g/mol. The predicted molar refractivity (Wildman–Crippen MR) is 47.4 cm³/mol. The number of aromatic nitrogens is 1. The molecule has 0 spiro atoms. The predicted octanol–water partition coefficient (Wildman–Crippen LogP) is 1.58. The lowest BCUT2D eigenvalue weighted by atomic mass is 10.2. The van der Waals surface area contributed by atoms with Gasteiger partial charge in [-0.2, -0.15) is 5.26 Å². The Bertz CT molecular complexity index is 245. The zero-order valence-corrected chi connectivity index (χ0v) is 7.17. The summed E-state index contributed by atoms with van der Waals surface area (Å²) in [5.74, 6) is 0. The minimum atomic E-state index is -0.194. The highest BCUT2D eigenvalue weighted by Crippen LogP contribution is 2.07. The molecule has 0 aromatic carbocycles. The second kappa shape index (κ2) is 4.58. The second-order valence-electron chi connectivity index (χ2n) is 2.64. The lowest BCUT2D eigenvalue weighted by molar-refractivity contribution is 0.611. The Morgan fingerprint density at radius 3 is 3.08 bits per heavy atom. The number of rotatable bonds is 4. The van der Waals surface area contributed by atoms with Gasteiger partial charge >= 0.3 is 0 Å². The van der Waals surface area contributed by atoms with Crippen molar-refractivity contribution in [3.63, 3.8) is 0 Å². The molecule has 3 heteroatoms. The highest BCUT2D eigenvalue weighted by atomic mass is 14.9. The molecule has 1 atom stereocenters. The van der Waals surface area contributed by atoms with Crippen molar-refractivity contribution >= 4 is 0 Å². The molecule has 2 N–H and O–H groups in total. The fourth-order valence-corrected chi connectivity index (χ4v) is 1.04. The number of hydrogen-bond acceptors (Lipinski definition) is 2. The third-order valence-electron chi connectivity index (χ3n) is 1.66. The molecule has 1 rings (SSSR count). The van der Waals surface area contributed by atoms with Crippen molar-refractivity contribution in [3.8, 4) is 6.07 Å². The molecule has 0 bridgehead atoms. The molecule has 64 valence electrons. The topological polar surface area (TPSA) is 51.6 Å². The summed E-state index contributed by atoms with van der Waals surface area (Å²) in [5.41, 5.74) is 0.936. The number of nitrogens with zero attached hydrogens (tertiary/aromatic N) is 1. The summed E-state index contributed by atoms with van der Waals surface area (Å²) in [6.45, 7) is 2.95. The fourth-order valence-electron chi connectivity index (χ4n) is 1.04. The van der Waals surface area contributed by atoms with Crippen molar-refractivity contribution < 1.29 is 0 Å². The molecule has 1 aromatic heterocycles. The Labute approximate surface area is 72.4 Å². The molecule has 0 amide bonds. The molecule has 0 saturated heterocycles. The maximum absolute atomic E-state index is 8.79. The van der Waals surface area contributed by atoms with Gasteiger partial charge in [-0.3, -0.25) is 5.32 Å². The third kappa shape index (κ3) is 2.11. The van der Waals surface area contributed by atoms with E-state index in [1.54, 1.807) is 0 Å². The third-order valence-corrected chi connectivity index (χ3v) is 1.66. The van der Waals surface area contributed by atoms with Crippen LogP contribution in [0.25, 0.3) is 0 Å². The molecular weight excluding hydrogens is 150 g/mol. The molecule has 0 aliphatic heterocycles. The molecule has 1 unspecified atom stereocenters. The zero-order chi connectivity index (χ0) is 8.81. The molecular formula is C9H13N3. The summed E-state index contributed by atoms with van der Waals surface area (Å²) in [6, 6.07) is 5.81. The van der Waals surface area contributed by atoms with E-state index in [1.807, 2.05) is 18.3 Å². The molecule has 0 radical (unpaired) electrons. The van der Waals surface area contributed by atoms with Gasteiger partial charge < -0.3 is 4.98 Å². The Morgan fingerprint density at radius 1 is 1.75 bits per heavy atom. The van der Waals surface area contributed by atoms with Gasteiger partial charge in [0.2, 0.25) is 0 Å². The van der Waals surface area contributed by atoms with E-state index in [0.717, 1.165) is 18.7 Å². The Kier molecular flexibility index (Phi) is 3.36. The maximum atomic E-state index is 8.79. The van der Waals surface area contributed by atoms with Crippen molar-refractivity contribution in [2.45, 2.75) is 19.4 Å². The van der Waals surface area contributed by atoms with E-state index in [4.69, 9.17) is 5.26 Å². The van der Waals surface area contributed by atoms with Gasteiger partial charge in [0.05, 0.1) is 6.07 Å². The van der Waals surface area contributed by atoms with Crippen LogP contribution >= 0.6 is 0 Å². The SMILES string of the molecule is CCCNC(C#N)c1ccc[nH]1. The molecule has 0 saturated carbocycles. The summed E-state index contributed by atoms with van der Waals surface area (Å²) in [5, 5.41) is 11.9. The van der Waals surface area contributed by atoms with Crippen LogP contribution in [-0.4, -0.2) is 11.5 Å². The van der Waals surface area contributed by atoms with Crippen LogP contribution in [0.3, 0.4) is 0 Å². The second-order valence-corrected chi connectivity index (χ2v) is 2.64. The van der Waals surface area contributed by atoms with Crippen LogP contribution in [0.4, 0.5) is 0 Å². The highest BCUT2D eigenvalue weighted by Gasteiger charge is 2.08. The monoisotopic (exact) mass is 163 g/mol. The molecule has 0 fully saturated rings. The lowest BCUT2D eigenvalue weighted by Gasteiger charge is -2.07. The number of H-pyrrole nitrogens is 1. The average Bonchev–Trinajstić information content (AvgIpc) is 2.59. The zero-order valence-electron chi connectivity index (χ0n) is 7.17. The fraction of sp³-hybridized carbons (Fsp3) is 0.444. The summed E-state index contributed by atoms with van der Waals surface area (Å²) < 4.78 is 0. The first-order chi connectivity index (χ1) is 5.88. The first-order valence-electron chi connectivity index (χ1n) is 4.14. The van der Waals surface area contributed by atoms with Crippen molar-refractivity contribution in [3.05, 3.63) is 24.0 Å². The van der Waals surface area contributed by atoms with Crippen LogP contribution in [0.15, 0.2) is 18.3 Å². The molecule has 3 nitrogen and oxygen atoms in total. The van der Waals surface area contributed by atoms with Crippen LogP contribution in [0.5, 0.6) is 0 Å². The Morgan fingerprint density at radius 2 is 2.58 bits per heavy atom. The Balaban J connectivity index is 2.53. The van der Waals surface area contributed by atoms with Crippen LogP contribution in [0.2, 0.25) is 0 Å². The van der Waals surface area contributed by atoms with Gasteiger partial charge in [0, 0.05) is 11.9 Å². The first kappa shape index (κ1) is 8.82. The summed E-state index contributed by atoms with van der Waals surface area (Å²) >= 11 is 0. The molecule has 1 aromatic rings. The van der Waals surface area contributed by atoms with Gasteiger partial charge in [-0.25, -0.2) is 0 Å². The smallest absolute Gasteiger partial charge is 0.136 e. The minimum Gasteiger partial charge on any atom is -0.363 e. The standard InChI is InChI=1S/C9H13N3/c1-2-5-11-9(7-10)8-4-3-6-12-8/h3-4,6,9,11-12H,2,5H2,1H3. The van der Waals surface area contributed by atoms with Gasteiger partial charge in [0.15, 0.2) is 0 Å². The Hall–Kier alpha value is -1.27. The summed E-state index contributed by atoms with van der Waals surface area (Å²) in [6.07, 6.45) is 2.87. The van der Waals surface area contributed by atoms with Crippen LogP contribution in [0, 0.1) is 11.3 Å². The van der Waals surface area contributed by atoms with Gasteiger partial charge in [0.1, 0.15) is 6.04 Å². The van der Waals surface area contributed by atoms with E-state index in [1.165, 1.54) is 0 Å². The van der Waals surface area contributed by atoms with Crippen molar-refractivity contribution in [2.24, 2.45) is 0 Å². The normalized spacial score (nSPS) is 12.3. The summed E-state index contributed by atoms with van der Waals surface area (Å²) in [4.78, 5) is 3.01.